The Balaban J connectivity index is 1.99. The molecule has 0 saturated carbocycles. The summed E-state index contributed by atoms with van der Waals surface area (Å²) in [4.78, 5) is 13.0. The number of hydrogen-bond acceptors (Lipinski definition) is 4. The SMILES string of the molecule is COc1ccc(/C=C/c2cc(OC)cc(OC)c2C(=O)Nc2ccccc2)cc1. The molecule has 3 rings (SSSR count). The van der Waals surface area contributed by atoms with E-state index >= 15 is 0 Å². The first kappa shape index (κ1) is 20.0. The first-order valence-electron chi connectivity index (χ1n) is 9.09. The zero-order chi connectivity index (χ0) is 20.6. The van der Waals surface area contributed by atoms with Crippen LogP contribution in [0.25, 0.3) is 12.2 Å². The Bertz CT molecular complexity index is 995. The second-order valence-electron chi connectivity index (χ2n) is 6.22. The van der Waals surface area contributed by atoms with Gasteiger partial charge in [0.15, 0.2) is 0 Å². The van der Waals surface area contributed by atoms with Crippen molar-refractivity contribution in [1.82, 2.24) is 0 Å². The van der Waals surface area contributed by atoms with Crippen molar-refractivity contribution < 1.29 is 19.0 Å². The van der Waals surface area contributed by atoms with Gasteiger partial charge >= 0.3 is 0 Å². The van der Waals surface area contributed by atoms with Crippen molar-refractivity contribution in [3.8, 4) is 17.2 Å². The maximum absolute atomic E-state index is 13.0. The molecule has 0 aromatic heterocycles. The van der Waals surface area contributed by atoms with Gasteiger partial charge in [0.1, 0.15) is 17.2 Å². The molecule has 0 atom stereocenters. The van der Waals surface area contributed by atoms with E-state index in [-0.39, 0.29) is 5.91 Å². The Morgan fingerprint density at radius 3 is 2.10 bits per heavy atom. The standard InChI is InChI=1S/C24H23NO4/c1-27-20-13-10-17(11-14-20)9-12-18-15-21(28-2)16-22(29-3)23(18)24(26)25-19-7-5-4-6-8-19/h4-16H,1-3H3,(H,25,26)/b12-9+. The molecule has 0 saturated heterocycles. The predicted molar refractivity (Wildman–Crippen MR) is 116 cm³/mol. The molecule has 5 heteroatoms. The zero-order valence-electron chi connectivity index (χ0n) is 16.6. The van der Waals surface area contributed by atoms with Gasteiger partial charge in [-0.2, -0.15) is 0 Å². The smallest absolute Gasteiger partial charge is 0.260 e. The fourth-order valence-electron chi connectivity index (χ4n) is 2.88. The Morgan fingerprint density at radius 1 is 0.793 bits per heavy atom. The van der Waals surface area contributed by atoms with Crippen molar-refractivity contribution >= 4 is 23.7 Å². The second-order valence-corrected chi connectivity index (χ2v) is 6.22. The number of anilines is 1. The van der Waals surface area contributed by atoms with Gasteiger partial charge in [0.25, 0.3) is 5.91 Å². The van der Waals surface area contributed by atoms with Gasteiger partial charge < -0.3 is 19.5 Å². The van der Waals surface area contributed by atoms with Crippen LogP contribution in [0.15, 0.2) is 66.7 Å². The minimum atomic E-state index is -0.259. The third kappa shape index (κ3) is 4.96. The van der Waals surface area contributed by atoms with Gasteiger partial charge in [-0.25, -0.2) is 0 Å². The van der Waals surface area contributed by atoms with Crippen molar-refractivity contribution in [3.63, 3.8) is 0 Å². The molecule has 3 aromatic carbocycles. The van der Waals surface area contributed by atoms with Crippen LogP contribution >= 0.6 is 0 Å². The van der Waals surface area contributed by atoms with Crippen LogP contribution in [-0.4, -0.2) is 27.2 Å². The Labute approximate surface area is 170 Å². The van der Waals surface area contributed by atoms with E-state index in [0.29, 0.717) is 28.3 Å². The van der Waals surface area contributed by atoms with Crippen molar-refractivity contribution in [2.45, 2.75) is 0 Å². The van der Waals surface area contributed by atoms with E-state index < -0.39 is 0 Å². The lowest BCUT2D eigenvalue weighted by molar-refractivity contribution is 0.102. The third-order valence-electron chi connectivity index (χ3n) is 4.39. The predicted octanol–water partition coefficient (Wildman–Crippen LogP) is 5.14. The zero-order valence-corrected chi connectivity index (χ0v) is 16.6. The van der Waals surface area contributed by atoms with Gasteiger partial charge in [-0.05, 0) is 41.5 Å². The van der Waals surface area contributed by atoms with Gasteiger partial charge in [0, 0.05) is 11.8 Å². The summed E-state index contributed by atoms with van der Waals surface area (Å²) < 4.78 is 16.0. The van der Waals surface area contributed by atoms with Crippen LogP contribution in [0, 0.1) is 0 Å². The molecule has 3 aromatic rings. The highest BCUT2D eigenvalue weighted by Crippen LogP contribution is 2.31. The molecule has 148 valence electrons. The highest BCUT2D eigenvalue weighted by molar-refractivity contribution is 6.09. The third-order valence-corrected chi connectivity index (χ3v) is 4.39. The fourth-order valence-corrected chi connectivity index (χ4v) is 2.88. The average molecular weight is 389 g/mol. The number of para-hydroxylation sites is 1. The summed E-state index contributed by atoms with van der Waals surface area (Å²) in [6.45, 7) is 0. The van der Waals surface area contributed by atoms with E-state index in [1.54, 1.807) is 20.3 Å². The van der Waals surface area contributed by atoms with Crippen LogP contribution in [0.3, 0.4) is 0 Å². The fraction of sp³-hybridized carbons (Fsp3) is 0.125. The van der Waals surface area contributed by atoms with Gasteiger partial charge in [-0.1, -0.05) is 42.5 Å². The van der Waals surface area contributed by atoms with Gasteiger partial charge in [0.2, 0.25) is 0 Å². The monoisotopic (exact) mass is 389 g/mol. The van der Waals surface area contributed by atoms with Crippen LogP contribution in [0.1, 0.15) is 21.5 Å². The van der Waals surface area contributed by atoms with Crippen LogP contribution < -0.4 is 19.5 Å². The molecule has 0 spiro atoms. The Kier molecular flexibility index (Phi) is 6.53. The Hall–Kier alpha value is -3.73. The number of methoxy groups -OCH3 is 3. The number of hydrogen-bond donors (Lipinski definition) is 1. The maximum Gasteiger partial charge on any atom is 0.260 e. The molecule has 29 heavy (non-hydrogen) atoms. The summed E-state index contributed by atoms with van der Waals surface area (Å²) in [5, 5.41) is 2.91. The molecule has 5 nitrogen and oxygen atoms in total. The summed E-state index contributed by atoms with van der Waals surface area (Å²) >= 11 is 0. The molecule has 0 unspecified atom stereocenters. The van der Waals surface area contributed by atoms with Gasteiger partial charge in [-0.15, -0.1) is 0 Å². The molecular formula is C24H23NO4. The largest absolute Gasteiger partial charge is 0.497 e. The van der Waals surface area contributed by atoms with Crippen molar-refractivity contribution in [3.05, 3.63) is 83.4 Å². The lowest BCUT2D eigenvalue weighted by Gasteiger charge is -2.14. The second kappa shape index (κ2) is 9.46. The molecule has 0 aliphatic rings. The number of rotatable bonds is 7. The highest BCUT2D eigenvalue weighted by Gasteiger charge is 2.18. The lowest BCUT2D eigenvalue weighted by atomic mass is 10.0. The summed E-state index contributed by atoms with van der Waals surface area (Å²) in [5.41, 5.74) is 2.80. The van der Waals surface area contributed by atoms with Crippen LogP contribution in [0.5, 0.6) is 17.2 Å². The lowest BCUT2D eigenvalue weighted by Crippen LogP contribution is -2.15. The minimum Gasteiger partial charge on any atom is -0.497 e. The minimum absolute atomic E-state index is 0.259. The summed E-state index contributed by atoms with van der Waals surface area (Å²) in [6, 6.07) is 20.5. The first-order valence-corrected chi connectivity index (χ1v) is 9.09. The van der Waals surface area contributed by atoms with Gasteiger partial charge in [-0.3, -0.25) is 4.79 Å². The number of ether oxygens (including phenoxy) is 3. The number of amides is 1. The van der Waals surface area contributed by atoms with Crippen molar-refractivity contribution in [1.29, 1.82) is 0 Å². The van der Waals surface area contributed by atoms with Crippen molar-refractivity contribution in [2.24, 2.45) is 0 Å². The van der Waals surface area contributed by atoms with E-state index in [4.69, 9.17) is 14.2 Å². The topological polar surface area (TPSA) is 56.8 Å². The Morgan fingerprint density at radius 2 is 1.48 bits per heavy atom. The number of benzene rings is 3. The molecule has 0 aliphatic heterocycles. The summed E-state index contributed by atoms with van der Waals surface area (Å²) in [7, 11) is 4.74. The van der Waals surface area contributed by atoms with E-state index in [9.17, 15) is 4.79 Å². The normalized spacial score (nSPS) is 10.6. The molecule has 1 amide bonds. The summed E-state index contributed by atoms with van der Waals surface area (Å²) in [6.07, 6.45) is 3.79. The molecular weight excluding hydrogens is 366 g/mol. The van der Waals surface area contributed by atoms with Crippen molar-refractivity contribution in [2.75, 3.05) is 26.6 Å². The highest BCUT2D eigenvalue weighted by atomic mass is 16.5. The average Bonchev–Trinajstić information content (AvgIpc) is 2.77. The molecule has 0 radical (unpaired) electrons. The van der Waals surface area contributed by atoms with E-state index in [1.165, 1.54) is 7.11 Å². The quantitative estimate of drug-likeness (QED) is 0.569. The van der Waals surface area contributed by atoms with Crippen LogP contribution in [-0.2, 0) is 0 Å². The molecule has 0 aliphatic carbocycles. The number of carbonyl (C=O) groups excluding carboxylic acids is 1. The molecule has 0 bridgehead atoms. The van der Waals surface area contributed by atoms with E-state index in [0.717, 1.165) is 11.3 Å². The molecule has 0 fully saturated rings. The van der Waals surface area contributed by atoms with E-state index in [1.807, 2.05) is 72.8 Å². The van der Waals surface area contributed by atoms with Gasteiger partial charge in [0.05, 0.1) is 26.9 Å². The molecule has 0 heterocycles. The van der Waals surface area contributed by atoms with E-state index in [2.05, 4.69) is 5.32 Å². The maximum atomic E-state index is 13.0. The summed E-state index contributed by atoms with van der Waals surface area (Å²) in [5.74, 6) is 1.57. The van der Waals surface area contributed by atoms with Crippen LogP contribution in [0.4, 0.5) is 5.69 Å². The molecule has 1 N–H and O–H groups in total. The number of carbonyl (C=O) groups is 1. The first-order chi connectivity index (χ1) is 14.1. The van der Waals surface area contributed by atoms with Crippen LogP contribution in [0.2, 0.25) is 0 Å². The number of nitrogens with one attached hydrogen (secondary N) is 1.